The second kappa shape index (κ2) is 8.61. The summed E-state index contributed by atoms with van der Waals surface area (Å²) in [5.41, 5.74) is 2.84. The second-order valence-corrected chi connectivity index (χ2v) is 6.90. The van der Waals surface area contributed by atoms with Gasteiger partial charge < -0.3 is 4.90 Å². The number of hydrogen-bond donors (Lipinski definition) is 1. The second-order valence-electron chi connectivity index (χ2n) is 6.90. The van der Waals surface area contributed by atoms with E-state index in [9.17, 15) is 14.4 Å². The molecule has 2 aromatic carbocycles. The summed E-state index contributed by atoms with van der Waals surface area (Å²) in [6.45, 7) is 6.31. The van der Waals surface area contributed by atoms with Crippen molar-refractivity contribution in [3.05, 3.63) is 41.5 Å². The van der Waals surface area contributed by atoms with Gasteiger partial charge in [0, 0.05) is 36.1 Å². The van der Waals surface area contributed by atoms with Crippen molar-refractivity contribution in [1.82, 2.24) is 5.32 Å². The lowest BCUT2D eigenvalue weighted by Crippen LogP contribution is -2.31. The Morgan fingerprint density at radius 2 is 1.88 bits per heavy atom. The van der Waals surface area contributed by atoms with Crippen LogP contribution in [0.4, 0.5) is 5.69 Å². The molecular formula is C21H26N2O3. The topological polar surface area (TPSA) is 66.5 Å². The Morgan fingerprint density at radius 3 is 2.50 bits per heavy atom. The van der Waals surface area contributed by atoms with E-state index >= 15 is 0 Å². The van der Waals surface area contributed by atoms with E-state index in [0.717, 1.165) is 22.7 Å². The van der Waals surface area contributed by atoms with Crippen LogP contribution in [0.15, 0.2) is 30.3 Å². The fourth-order valence-corrected chi connectivity index (χ4v) is 3.24. The molecule has 0 radical (unpaired) electrons. The minimum atomic E-state index is -0.283. The molecule has 2 rings (SSSR count). The van der Waals surface area contributed by atoms with E-state index in [4.69, 9.17) is 0 Å². The minimum Gasteiger partial charge on any atom is -0.371 e. The first-order valence-corrected chi connectivity index (χ1v) is 8.87. The third-order valence-corrected chi connectivity index (χ3v) is 4.88. The first-order chi connectivity index (χ1) is 12.4. The van der Waals surface area contributed by atoms with Gasteiger partial charge in [0.2, 0.25) is 12.3 Å². The van der Waals surface area contributed by atoms with Crippen molar-refractivity contribution >= 4 is 35.1 Å². The first-order valence-electron chi connectivity index (χ1n) is 8.87. The normalized spacial score (nSPS) is 12.0. The fourth-order valence-electron chi connectivity index (χ4n) is 3.24. The van der Waals surface area contributed by atoms with E-state index in [0.29, 0.717) is 24.3 Å². The van der Waals surface area contributed by atoms with Crippen LogP contribution < -0.4 is 10.2 Å². The van der Waals surface area contributed by atoms with E-state index in [1.165, 1.54) is 5.56 Å². The number of fused-ring (bicyclic) bond motifs is 1. The number of amides is 2. The number of nitrogens with zero attached hydrogens (tertiary/aromatic N) is 1. The van der Waals surface area contributed by atoms with Crippen LogP contribution in [0, 0.1) is 0 Å². The van der Waals surface area contributed by atoms with Gasteiger partial charge in [-0.1, -0.05) is 38.1 Å². The molecule has 0 aliphatic carbocycles. The SMILES string of the molecule is CC(C)c1ccc(N(C)C(C)CCC(=O)NC=O)c2c(C=O)cccc12. The van der Waals surface area contributed by atoms with E-state index < -0.39 is 0 Å². The van der Waals surface area contributed by atoms with Gasteiger partial charge in [-0.15, -0.1) is 0 Å². The van der Waals surface area contributed by atoms with E-state index in [1.54, 1.807) is 0 Å². The molecular weight excluding hydrogens is 328 g/mol. The Labute approximate surface area is 154 Å². The molecule has 0 spiro atoms. The van der Waals surface area contributed by atoms with Crippen molar-refractivity contribution in [3.63, 3.8) is 0 Å². The standard InChI is InChI=1S/C21H26N2O3/c1-14(2)17-9-10-19(21-16(12-24)6-5-7-18(17)21)23(4)15(3)8-11-20(26)22-13-25/h5-7,9-10,12-15H,8,11H2,1-4H3,(H,22,25,26). The summed E-state index contributed by atoms with van der Waals surface area (Å²) in [5, 5.41) is 4.19. The highest BCUT2D eigenvalue weighted by atomic mass is 16.2. The van der Waals surface area contributed by atoms with Crippen molar-refractivity contribution in [1.29, 1.82) is 0 Å². The minimum absolute atomic E-state index is 0.0696. The lowest BCUT2D eigenvalue weighted by atomic mass is 9.92. The highest BCUT2D eigenvalue weighted by Crippen LogP contribution is 2.35. The van der Waals surface area contributed by atoms with Crippen molar-refractivity contribution in [2.45, 2.75) is 45.6 Å². The Hall–Kier alpha value is -2.69. The van der Waals surface area contributed by atoms with Crippen LogP contribution in [0.5, 0.6) is 0 Å². The van der Waals surface area contributed by atoms with Crippen LogP contribution in [0.1, 0.15) is 55.5 Å². The summed E-state index contributed by atoms with van der Waals surface area (Å²) in [6.07, 6.45) is 2.18. The van der Waals surface area contributed by atoms with Gasteiger partial charge in [-0.05, 0) is 36.3 Å². The maximum Gasteiger partial charge on any atom is 0.226 e. The molecule has 5 nitrogen and oxygen atoms in total. The number of benzene rings is 2. The number of carbonyl (C=O) groups is 3. The van der Waals surface area contributed by atoms with Gasteiger partial charge in [0.05, 0.1) is 0 Å². The predicted octanol–water partition coefficient (Wildman–Crippen LogP) is 3.65. The molecule has 138 valence electrons. The molecule has 0 aliphatic heterocycles. The zero-order valence-corrected chi connectivity index (χ0v) is 15.8. The third-order valence-electron chi connectivity index (χ3n) is 4.88. The molecule has 2 amide bonds. The van der Waals surface area contributed by atoms with Gasteiger partial charge >= 0.3 is 0 Å². The third kappa shape index (κ3) is 4.10. The summed E-state index contributed by atoms with van der Waals surface area (Å²) >= 11 is 0. The van der Waals surface area contributed by atoms with Gasteiger partial charge in [0.1, 0.15) is 0 Å². The van der Waals surface area contributed by atoms with Crippen LogP contribution >= 0.6 is 0 Å². The highest BCUT2D eigenvalue weighted by molar-refractivity contribution is 6.07. The Balaban J connectivity index is 2.42. The molecule has 0 bridgehead atoms. The molecule has 0 aromatic heterocycles. The zero-order chi connectivity index (χ0) is 19.3. The van der Waals surface area contributed by atoms with Crippen LogP contribution in [-0.4, -0.2) is 31.7 Å². The smallest absolute Gasteiger partial charge is 0.226 e. The van der Waals surface area contributed by atoms with Crippen molar-refractivity contribution < 1.29 is 14.4 Å². The number of nitrogens with one attached hydrogen (secondary N) is 1. The fraction of sp³-hybridized carbons (Fsp3) is 0.381. The average molecular weight is 354 g/mol. The van der Waals surface area contributed by atoms with Crippen LogP contribution in [-0.2, 0) is 9.59 Å². The Morgan fingerprint density at radius 1 is 1.15 bits per heavy atom. The molecule has 1 atom stereocenters. The van der Waals surface area contributed by atoms with Crippen LogP contribution in [0.25, 0.3) is 10.8 Å². The molecule has 0 heterocycles. The van der Waals surface area contributed by atoms with E-state index in [-0.39, 0.29) is 18.4 Å². The number of rotatable bonds is 8. The first kappa shape index (κ1) is 19.6. The zero-order valence-electron chi connectivity index (χ0n) is 15.8. The summed E-state index contributed by atoms with van der Waals surface area (Å²) in [4.78, 5) is 35.6. The number of hydrogen-bond acceptors (Lipinski definition) is 4. The summed E-state index contributed by atoms with van der Waals surface area (Å²) in [7, 11) is 1.97. The molecule has 2 aromatic rings. The van der Waals surface area contributed by atoms with Gasteiger partial charge in [0.25, 0.3) is 0 Å². The Bertz CT molecular complexity index is 814. The van der Waals surface area contributed by atoms with Crippen molar-refractivity contribution in [2.24, 2.45) is 0 Å². The number of aldehydes is 1. The lowest BCUT2D eigenvalue weighted by Gasteiger charge is -2.29. The number of imide groups is 1. The van der Waals surface area contributed by atoms with E-state index in [2.05, 4.69) is 36.2 Å². The largest absolute Gasteiger partial charge is 0.371 e. The van der Waals surface area contributed by atoms with Gasteiger partial charge in [-0.2, -0.15) is 0 Å². The summed E-state index contributed by atoms with van der Waals surface area (Å²) in [5.74, 6) is 0.0667. The molecule has 1 N–H and O–H groups in total. The summed E-state index contributed by atoms with van der Waals surface area (Å²) in [6, 6.07) is 10.0. The molecule has 5 heteroatoms. The monoisotopic (exact) mass is 354 g/mol. The van der Waals surface area contributed by atoms with Crippen LogP contribution in [0.3, 0.4) is 0 Å². The van der Waals surface area contributed by atoms with Gasteiger partial charge in [-0.3, -0.25) is 19.7 Å². The van der Waals surface area contributed by atoms with Crippen LogP contribution in [0.2, 0.25) is 0 Å². The van der Waals surface area contributed by atoms with E-state index in [1.807, 2.05) is 32.2 Å². The maximum atomic E-state index is 11.6. The number of anilines is 1. The average Bonchev–Trinajstić information content (AvgIpc) is 2.64. The number of carbonyl (C=O) groups excluding carboxylic acids is 3. The summed E-state index contributed by atoms with van der Waals surface area (Å²) < 4.78 is 0. The predicted molar refractivity (Wildman–Crippen MR) is 105 cm³/mol. The maximum absolute atomic E-state index is 11.6. The van der Waals surface area contributed by atoms with Crippen molar-refractivity contribution in [2.75, 3.05) is 11.9 Å². The molecule has 26 heavy (non-hydrogen) atoms. The quantitative estimate of drug-likeness (QED) is 0.735. The molecule has 0 fully saturated rings. The molecule has 1 unspecified atom stereocenters. The molecule has 0 aliphatic rings. The lowest BCUT2D eigenvalue weighted by molar-refractivity contribution is -0.125. The van der Waals surface area contributed by atoms with Crippen molar-refractivity contribution in [3.8, 4) is 0 Å². The van der Waals surface area contributed by atoms with Gasteiger partial charge in [0.15, 0.2) is 6.29 Å². The van der Waals surface area contributed by atoms with Gasteiger partial charge in [-0.25, -0.2) is 0 Å². The Kier molecular flexibility index (Phi) is 6.50. The molecule has 0 saturated heterocycles. The highest BCUT2D eigenvalue weighted by Gasteiger charge is 2.18. The molecule has 0 saturated carbocycles.